The SMILES string of the molecule is CCn1c(=O)[nH]/c(=N\c2ccc(OC3=NC(C)C(C(=O)O)S3)cc2)n(Cc2ccc(Cl)cc2)c1=O. The van der Waals surface area contributed by atoms with Gasteiger partial charge in [0.25, 0.3) is 5.23 Å². The van der Waals surface area contributed by atoms with Gasteiger partial charge in [-0.05, 0) is 67.6 Å². The van der Waals surface area contributed by atoms with Gasteiger partial charge >= 0.3 is 17.3 Å². The van der Waals surface area contributed by atoms with Crippen LogP contribution in [0, 0.1) is 0 Å². The van der Waals surface area contributed by atoms with Crippen molar-refractivity contribution >= 4 is 40.2 Å². The van der Waals surface area contributed by atoms with Crippen molar-refractivity contribution in [2.24, 2.45) is 9.98 Å². The molecule has 0 fully saturated rings. The highest BCUT2D eigenvalue weighted by atomic mass is 35.5. The Bertz CT molecular complexity index is 1460. The number of aromatic amines is 1. The Kier molecular flexibility index (Phi) is 7.27. The maximum Gasteiger partial charge on any atom is 0.335 e. The molecular formula is C23H22ClN5O5S. The van der Waals surface area contributed by atoms with Crippen LogP contribution in [0.25, 0.3) is 0 Å². The number of H-pyrrole nitrogens is 1. The van der Waals surface area contributed by atoms with Crippen LogP contribution in [0.2, 0.25) is 5.02 Å². The standard InChI is InChI=1S/C23H22ClN5O5S/c1-3-28-21(32)27-20(29(23(28)33)12-14-4-6-15(24)7-5-14)26-16-8-10-17(11-9-16)34-22-25-13(2)18(35-22)19(30)31/h4-11,13,18H,3,12H2,1-2H3,(H,30,31)(H,26,27,32). The normalized spacial score (nSPS) is 17.9. The van der Waals surface area contributed by atoms with Gasteiger partial charge in [0.15, 0.2) is 0 Å². The highest BCUT2D eigenvalue weighted by molar-refractivity contribution is 8.15. The average Bonchev–Trinajstić information content (AvgIpc) is 3.19. The van der Waals surface area contributed by atoms with Crippen LogP contribution < -0.4 is 21.7 Å². The molecule has 0 aliphatic carbocycles. The van der Waals surface area contributed by atoms with Gasteiger partial charge in [0, 0.05) is 11.6 Å². The minimum Gasteiger partial charge on any atom is -0.480 e. The van der Waals surface area contributed by atoms with Crippen LogP contribution in [0.3, 0.4) is 0 Å². The number of carboxylic acids is 1. The third-order valence-electron chi connectivity index (χ3n) is 5.25. The van der Waals surface area contributed by atoms with E-state index in [-0.39, 0.29) is 30.0 Å². The molecule has 2 unspecified atom stereocenters. The summed E-state index contributed by atoms with van der Waals surface area (Å²) in [4.78, 5) is 48.1. The van der Waals surface area contributed by atoms with E-state index in [0.29, 0.717) is 16.5 Å². The van der Waals surface area contributed by atoms with Crippen molar-refractivity contribution in [2.75, 3.05) is 0 Å². The van der Waals surface area contributed by atoms with Gasteiger partial charge in [-0.3, -0.25) is 14.3 Å². The fourth-order valence-electron chi connectivity index (χ4n) is 3.43. The number of hydrogen-bond donors (Lipinski definition) is 2. The zero-order valence-electron chi connectivity index (χ0n) is 18.8. The predicted molar refractivity (Wildman–Crippen MR) is 134 cm³/mol. The van der Waals surface area contributed by atoms with Gasteiger partial charge < -0.3 is 9.84 Å². The Morgan fingerprint density at radius 1 is 1.17 bits per heavy atom. The summed E-state index contributed by atoms with van der Waals surface area (Å²) in [6.07, 6.45) is 0. The Hall–Kier alpha value is -3.57. The van der Waals surface area contributed by atoms with E-state index in [1.807, 2.05) is 0 Å². The van der Waals surface area contributed by atoms with Gasteiger partial charge in [0.1, 0.15) is 11.0 Å². The van der Waals surface area contributed by atoms with E-state index in [4.69, 9.17) is 16.3 Å². The lowest BCUT2D eigenvalue weighted by Crippen LogP contribution is -2.49. The summed E-state index contributed by atoms with van der Waals surface area (Å²) < 4.78 is 8.17. The first-order valence-electron chi connectivity index (χ1n) is 10.7. The first-order valence-corrected chi connectivity index (χ1v) is 12.0. The Morgan fingerprint density at radius 2 is 1.86 bits per heavy atom. The molecule has 0 bridgehead atoms. The summed E-state index contributed by atoms with van der Waals surface area (Å²) in [7, 11) is 0. The van der Waals surface area contributed by atoms with Crippen molar-refractivity contribution in [3.63, 3.8) is 0 Å². The number of rotatable bonds is 6. The van der Waals surface area contributed by atoms with Crippen LogP contribution in [0.1, 0.15) is 19.4 Å². The van der Waals surface area contributed by atoms with E-state index >= 15 is 0 Å². The summed E-state index contributed by atoms with van der Waals surface area (Å²) in [5, 5.41) is 9.40. The molecule has 0 saturated heterocycles. The number of aromatic nitrogens is 3. The number of thioether (sulfide) groups is 1. The summed E-state index contributed by atoms with van der Waals surface area (Å²) in [5.74, 6) is -0.484. The van der Waals surface area contributed by atoms with Crippen molar-refractivity contribution in [2.45, 2.75) is 38.2 Å². The Labute approximate surface area is 208 Å². The van der Waals surface area contributed by atoms with Gasteiger partial charge in [0.05, 0.1) is 18.3 Å². The van der Waals surface area contributed by atoms with Crippen molar-refractivity contribution in [3.8, 4) is 5.75 Å². The number of carboxylic acid groups (broad SMARTS) is 1. The second-order valence-corrected chi connectivity index (χ2v) is 9.24. The topological polar surface area (TPSA) is 131 Å². The van der Waals surface area contributed by atoms with Crippen LogP contribution in [-0.2, 0) is 17.9 Å². The number of ether oxygens (including phenoxy) is 1. The number of aliphatic carboxylic acids is 1. The molecule has 35 heavy (non-hydrogen) atoms. The van der Waals surface area contributed by atoms with Gasteiger partial charge in [-0.15, -0.1) is 0 Å². The second-order valence-electron chi connectivity index (χ2n) is 7.71. The average molecular weight is 516 g/mol. The second kappa shape index (κ2) is 10.4. The van der Waals surface area contributed by atoms with Crippen molar-refractivity contribution in [1.82, 2.24) is 14.1 Å². The highest BCUT2D eigenvalue weighted by Gasteiger charge is 2.34. The lowest BCUT2D eigenvalue weighted by molar-refractivity contribution is -0.136. The molecule has 12 heteroatoms. The quantitative estimate of drug-likeness (QED) is 0.519. The fourth-order valence-corrected chi connectivity index (χ4v) is 4.50. The van der Waals surface area contributed by atoms with Crippen LogP contribution in [-0.4, -0.2) is 41.7 Å². The molecular weight excluding hydrogens is 494 g/mol. The van der Waals surface area contributed by atoms with E-state index < -0.39 is 22.6 Å². The smallest absolute Gasteiger partial charge is 0.335 e. The number of nitrogens with zero attached hydrogens (tertiary/aromatic N) is 4. The third kappa shape index (κ3) is 5.57. The fraction of sp³-hybridized carbons (Fsp3) is 0.261. The van der Waals surface area contributed by atoms with Gasteiger partial charge in [-0.2, -0.15) is 0 Å². The number of aliphatic imine (C=N–C) groups is 1. The van der Waals surface area contributed by atoms with Gasteiger partial charge in [-0.25, -0.2) is 24.1 Å². The van der Waals surface area contributed by atoms with E-state index in [0.717, 1.165) is 21.9 Å². The maximum absolute atomic E-state index is 13.0. The number of halogens is 1. The van der Waals surface area contributed by atoms with Crippen molar-refractivity contribution in [3.05, 3.63) is 85.7 Å². The van der Waals surface area contributed by atoms with Gasteiger partial charge in [0.2, 0.25) is 5.62 Å². The lowest BCUT2D eigenvalue weighted by Gasteiger charge is -2.10. The van der Waals surface area contributed by atoms with Crippen molar-refractivity contribution in [1.29, 1.82) is 0 Å². The molecule has 1 aliphatic rings. The molecule has 4 rings (SSSR count). The lowest BCUT2D eigenvalue weighted by atomic mass is 10.2. The molecule has 182 valence electrons. The minimum atomic E-state index is -0.940. The molecule has 0 amide bonds. The predicted octanol–water partition coefficient (Wildman–Crippen LogP) is 2.62. The summed E-state index contributed by atoms with van der Waals surface area (Å²) >= 11 is 7.02. The first-order chi connectivity index (χ1) is 16.7. The molecule has 3 aromatic rings. The van der Waals surface area contributed by atoms with Crippen LogP contribution in [0.15, 0.2) is 68.1 Å². The molecule has 0 radical (unpaired) electrons. The summed E-state index contributed by atoms with van der Waals surface area (Å²) in [5.41, 5.74) is 0.354. The maximum atomic E-state index is 13.0. The molecule has 2 N–H and O–H groups in total. The third-order valence-corrected chi connectivity index (χ3v) is 6.74. The molecule has 1 aliphatic heterocycles. The van der Waals surface area contributed by atoms with Crippen molar-refractivity contribution < 1.29 is 14.6 Å². The Morgan fingerprint density at radius 3 is 2.46 bits per heavy atom. The monoisotopic (exact) mass is 515 g/mol. The first kappa shape index (κ1) is 24.6. The van der Waals surface area contributed by atoms with Crippen LogP contribution in [0.4, 0.5) is 5.69 Å². The molecule has 2 atom stereocenters. The van der Waals surface area contributed by atoms with E-state index in [9.17, 15) is 19.5 Å². The van der Waals surface area contributed by atoms with Gasteiger partial charge in [-0.1, -0.05) is 23.7 Å². The molecule has 0 saturated carbocycles. The largest absolute Gasteiger partial charge is 0.480 e. The molecule has 1 aromatic heterocycles. The summed E-state index contributed by atoms with van der Waals surface area (Å²) in [6, 6.07) is 13.3. The zero-order valence-corrected chi connectivity index (χ0v) is 20.4. The number of nitrogens with one attached hydrogen (secondary N) is 1. The summed E-state index contributed by atoms with van der Waals surface area (Å²) in [6.45, 7) is 3.83. The number of hydrogen-bond acceptors (Lipinski definition) is 7. The molecule has 0 spiro atoms. The van der Waals surface area contributed by atoms with E-state index in [2.05, 4.69) is 15.0 Å². The Balaban J connectivity index is 1.64. The minimum absolute atomic E-state index is 0.0992. The highest BCUT2D eigenvalue weighted by Crippen LogP contribution is 2.29. The molecule has 2 heterocycles. The van der Waals surface area contributed by atoms with E-state index in [1.165, 1.54) is 4.57 Å². The van der Waals surface area contributed by atoms with Crippen LogP contribution >= 0.6 is 23.4 Å². The number of benzene rings is 2. The number of carbonyl (C=O) groups is 1. The van der Waals surface area contributed by atoms with E-state index in [1.54, 1.807) is 62.4 Å². The van der Waals surface area contributed by atoms with Crippen LogP contribution in [0.5, 0.6) is 5.75 Å². The zero-order chi connectivity index (χ0) is 25.1. The molecule has 10 nitrogen and oxygen atoms in total. The molecule has 2 aromatic carbocycles.